The first-order valence-corrected chi connectivity index (χ1v) is 5.63. The molecule has 0 aliphatic carbocycles. The highest BCUT2D eigenvalue weighted by Gasteiger charge is 2.16. The van der Waals surface area contributed by atoms with Crippen LogP contribution in [0.2, 0.25) is 0 Å². The number of hydrogen-bond acceptors (Lipinski definition) is 4. The Morgan fingerprint density at radius 1 is 1.59 bits per heavy atom. The van der Waals surface area contributed by atoms with Crippen molar-refractivity contribution in [3.8, 4) is 0 Å². The van der Waals surface area contributed by atoms with Gasteiger partial charge >= 0.3 is 0 Å². The quantitative estimate of drug-likeness (QED) is 0.593. The van der Waals surface area contributed by atoms with E-state index in [2.05, 4.69) is 21.8 Å². The molecule has 0 amide bonds. The van der Waals surface area contributed by atoms with Crippen LogP contribution in [0.15, 0.2) is 23.3 Å². The first-order valence-electron chi connectivity index (χ1n) is 5.63. The van der Waals surface area contributed by atoms with E-state index in [0.29, 0.717) is 5.82 Å². The van der Waals surface area contributed by atoms with Gasteiger partial charge in [0.1, 0.15) is 12.0 Å². The topological polar surface area (TPSA) is 71.6 Å². The van der Waals surface area contributed by atoms with Crippen molar-refractivity contribution < 1.29 is 4.92 Å². The van der Waals surface area contributed by atoms with E-state index in [1.54, 1.807) is 6.07 Å². The molecule has 2 rings (SSSR count). The minimum atomic E-state index is -0.460. The van der Waals surface area contributed by atoms with Gasteiger partial charge in [-0.3, -0.25) is 10.1 Å². The fraction of sp³-hybridized carbons (Fsp3) is 0.455. The van der Waals surface area contributed by atoms with E-state index in [9.17, 15) is 10.1 Å². The maximum Gasteiger partial charge on any atom is 0.287 e. The minimum absolute atomic E-state index is 0.00674. The third-order valence-electron chi connectivity index (χ3n) is 2.76. The third kappa shape index (κ3) is 2.58. The Labute approximate surface area is 99.1 Å². The molecule has 0 saturated carbocycles. The Morgan fingerprint density at radius 3 is 3.00 bits per heavy atom. The number of rotatable bonds is 3. The van der Waals surface area contributed by atoms with E-state index in [1.807, 2.05) is 0 Å². The van der Waals surface area contributed by atoms with Crippen molar-refractivity contribution in [1.29, 1.82) is 0 Å². The number of hydrogen-bond donors (Lipinski definition) is 0. The molecule has 0 radical (unpaired) electrons. The van der Waals surface area contributed by atoms with Crippen LogP contribution in [-0.4, -0.2) is 33.7 Å². The van der Waals surface area contributed by atoms with Crippen LogP contribution in [0, 0.1) is 10.1 Å². The zero-order valence-electron chi connectivity index (χ0n) is 9.67. The van der Waals surface area contributed by atoms with E-state index in [0.717, 1.165) is 31.8 Å². The number of likely N-dealkylation sites (tertiary alicyclic amines) is 1. The molecule has 90 valence electrons. The monoisotopic (exact) mass is 234 g/mol. The number of aliphatic imine (C=N–C) groups is 1. The van der Waals surface area contributed by atoms with Gasteiger partial charge in [-0.2, -0.15) is 0 Å². The lowest BCUT2D eigenvalue weighted by Crippen LogP contribution is -2.23. The van der Waals surface area contributed by atoms with Gasteiger partial charge in [-0.05, 0) is 19.4 Å². The van der Waals surface area contributed by atoms with Gasteiger partial charge in [0.2, 0.25) is 0 Å². The van der Waals surface area contributed by atoms with Crippen molar-refractivity contribution in [3.63, 3.8) is 0 Å². The van der Waals surface area contributed by atoms with Crippen LogP contribution >= 0.6 is 0 Å². The highest BCUT2D eigenvalue weighted by atomic mass is 16.6. The summed E-state index contributed by atoms with van der Waals surface area (Å²) < 4.78 is 0. The van der Waals surface area contributed by atoms with Crippen LogP contribution in [0.1, 0.15) is 19.8 Å². The number of aromatic nitrogens is 1. The Hall–Kier alpha value is -1.98. The van der Waals surface area contributed by atoms with Crippen molar-refractivity contribution in [2.75, 3.05) is 13.1 Å². The molecule has 1 fully saturated rings. The molecule has 0 bridgehead atoms. The molecule has 1 aromatic heterocycles. The van der Waals surface area contributed by atoms with E-state index in [4.69, 9.17) is 0 Å². The van der Waals surface area contributed by atoms with Gasteiger partial charge in [0.05, 0.1) is 4.92 Å². The summed E-state index contributed by atoms with van der Waals surface area (Å²) in [6, 6.07) is 3.01. The smallest absolute Gasteiger partial charge is 0.287 e. The second-order valence-electron chi connectivity index (χ2n) is 3.84. The summed E-state index contributed by atoms with van der Waals surface area (Å²) in [5.41, 5.74) is -0.00674. The summed E-state index contributed by atoms with van der Waals surface area (Å²) >= 11 is 0. The van der Waals surface area contributed by atoms with Gasteiger partial charge in [0.25, 0.3) is 5.69 Å². The Morgan fingerprint density at radius 2 is 2.41 bits per heavy atom. The van der Waals surface area contributed by atoms with Crippen LogP contribution < -0.4 is 0 Å². The lowest BCUT2D eigenvalue weighted by molar-refractivity contribution is -0.385. The van der Waals surface area contributed by atoms with E-state index < -0.39 is 4.92 Å². The average molecular weight is 234 g/mol. The van der Waals surface area contributed by atoms with Crippen molar-refractivity contribution in [3.05, 3.63) is 28.4 Å². The van der Waals surface area contributed by atoms with Gasteiger partial charge in [-0.15, -0.1) is 0 Å². The van der Waals surface area contributed by atoms with Gasteiger partial charge in [-0.25, -0.2) is 9.98 Å². The Balaban J connectivity index is 2.18. The van der Waals surface area contributed by atoms with Crippen molar-refractivity contribution in [2.45, 2.75) is 19.8 Å². The molecule has 0 N–H and O–H groups in total. The SMILES string of the molecule is CCN1CCCC1=Nc1ccc([N+](=O)[O-])cn1. The molecule has 6 heteroatoms. The standard InChI is InChI=1S/C11H14N4O2/c1-2-14-7-3-4-11(14)13-10-6-5-9(8-12-10)15(16)17/h5-6,8H,2-4,7H2,1H3. The molecule has 6 nitrogen and oxygen atoms in total. The largest absolute Gasteiger partial charge is 0.360 e. The van der Waals surface area contributed by atoms with E-state index in [1.165, 1.54) is 12.3 Å². The highest BCUT2D eigenvalue weighted by Crippen LogP contribution is 2.18. The number of nitrogens with zero attached hydrogens (tertiary/aromatic N) is 4. The second-order valence-corrected chi connectivity index (χ2v) is 3.84. The molecule has 0 atom stereocenters. The number of pyridine rings is 1. The minimum Gasteiger partial charge on any atom is -0.360 e. The molecule has 0 unspecified atom stereocenters. The number of amidine groups is 1. The first-order chi connectivity index (χ1) is 8.20. The maximum absolute atomic E-state index is 10.5. The van der Waals surface area contributed by atoms with E-state index in [-0.39, 0.29) is 5.69 Å². The fourth-order valence-corrected chi connectivity index (χ4v) is 1.87. The van der Waals surface area contributed by atoms with E-state index >= 15 is 0 Å². The summed E-state index contributed by atoms with van der Waals surface area (Å²) in [6.45, 7) is 4.05. The summed E-state index contributed by atoms with van der Waals surface area (Å²) in [7, 11) is 0. The first kappa shape index (κ1) is 11.5. The van der Waals surface area contributed by atoms with Crippen molar-refractivity contribution >= 4 is 17.3 Å². The molecule has 0 aromatic carbocycles. The lowest BCUT2D eigenvalue weighted by Gasteiger charge is -2.15. The average Bonchev–Trinajstić information content (AvgIpc) is 2.77. The molecular weight excluding hydrogens is 220 g/mol. The molecule has 0 spiro atoms. The van der Waals surface area contributed by atoms with Gasteiger partial charge in [0.15, 0.2) is 5.82 Å². The van der Waals surface area contributed by atoms with Gasteiger partial charge < -0.3 is 4.90 Å². The predicted molar refractivity (Wildman–Crippen MR) is 64.5 cm³/mol. The summed E-state index contributed by atoms with van der Waals surface area (Å²) in [5, 5.41) is 10.5. The molecule has 17 heavy (non-hydrogen) atoms. The molecule has 1 aliphatic heterocycles. The fourth-order valence-electron chi connectivity index (χ4n) is 1.87. The van der Waals surface area contributed by atoms with Gasteiger partial charge in [0, 0.05) is 25.6 Å². The molecule has 2 heterocycles. The zero-order chi connectivity index (χ0) is 12.3. The molecule has 1 aromatic rings. The summed E-state index contributed by atoms with van der Waals surface area (Å²) in [5.74, 6) is 1.56. The highest BCUT2D eigenvalue weighted by molar-refractivity contribution is 5.86. The zero-order valence-corrected chi connectivity index (χ0v) is 9.67. The van der Waals surface area contributed by atoms with Crippen LogP contribution in [0.4, 0.5) is 11.5 Å². The molecular formula is C11H14N4O2. The van der Waals surface area contributed by atoms with Crippen LogP contribution in [0.3, 0.4) is 0 Å². The van der Waals surface area contributed by atoms with Crippen LogP contribution in [0.5, 0.6) is 0 Å². The maximum atomic E-state index is 10.5. The van der Waals surface area contributed by atoms with Gasteiger partial charge in [-0.1, -0.05) is 0 Å². The predicted octanol–water partition coefficient (Wildman–Crippen LogP) is 2.14. The van der Waals surface area contributed by atoms with Crippen molar-refractivity contribution in [1.82, 2.24) is 9.88 Å². The molecule has 1 saturated heterocycles. The number of nitro groups is 1. The normalized spacial score (nSPS) is 17.7. The Kier molecular flexibility index (Phi) is 3.32. The van der Waals surface area contributed by atoms with Crippen LogP contribution in [-0.2, 0) is 0 Å². The summed E-state index contributed by atoms with van der Waals surface area (Å²) in [4.78, 5) is 20.6. The molecule has 1 aliphatic rings. The second kappa shape index (κ2) is 4.90. The summed E-state index contributed by atoms with van der Waals surface area (Å²) in [6.07, 6.45) is 3.30. The van der Waals surface area contributed by atoms with Crippen LogP contribution in [0.25, 0.3) is 0 Å². The third-order valence-corrected chi connectivity index (χ3v) is 2.76. The lowest BCUT2D eigenvalue weighted by atomic mass is 10.3. The Bertz CT molecular complexity index is 441. The van der Waals surface area contributed by atoms with Crippen molar-refractivity contribution in [2.24, 2.45) is 4.99 Å².